The van der Waals surface area contributed by atoms with Crippen LogP contribution < -0.4 is 0 Å². The van der Waals surface area contributed by atoms with Crippen molar-refractivity contribution in [2.24, 2.45) is 0 Å². The molecule has 0 aliphatic carbocycles. The average Bonchev–Trinajstić information content (AvgIpc) is 1.91. The normalized spacial score (nSPS) is 9.43. The van der Waals surface area contributed by atoms with Gasteiger partial charge in [-0.05, 0) is 0 Å². The zero-order valence-corrected chi connectivity index (χ0v) is 7.37. The molecule has 0 N–H and O–H groups in total. The summed E-state index contributed by atoms with van der Waals surface area (Å²) in [4.78, 5) is 2.08. The minimum atomic E-state index is 0.417. The molecule has 0 spiro atoms. The van der Waals surface area contributed by atoms with Crippen LogP contribution in [0.3, 0.4) is 0 Å². The first-order valence-electron chi connectivity index (χ1n) is 1.69. The summed E-state index contributed by atoms with van der Waals surface area (Å²) in [7, 11) is 0. The second-order valence-electron chi connectivity index (χ2n) is 1.04. The summed E-state index contributed by atoms with van der Waals surface area (Å²) in [6, 6.07) is 1.99. The van der Waals surface area contributed by atoms with Gasteiger partial charge >= 0.3 is 61.4 Å². The van der Waals surface area contributed by atoms with E-state index in [9.17, 15) is 0 Å². The van der Waals surface area contributed by atoms with Gasteiger partial charge in [-0.2, -0.15) is 0 Å². The molecule has 1 rings (SSSR count). The van der Waals surface area contributed by atoms with Crippen LogP contribution in [0.25, 0.3) is 0 Å². The average molecular weight is 244 g/mol. The zero-order valence-electron chi connectivity index (χ0n) is 3.32. The van der Waals surface area contributed by atoms with Gasteiger partial charge in [0.2, 0.25) is 0 Å². The van der Waals surface area contributed by atoms with Gasteiger partial charge in [0, 0.05) is 0 Å². The van der Waals surface area contributed by atoms with Crippen molar-refractivity contribution < 1.29 is 0 Å². The Labute approximate surface area is 61.4 Å². The first-order chi connectivity index (χ1) is 3.30. The van der Waals surface area contributed by atoms with Crippen LogP contribution in [0, 0.1) is 0 Å². The first kappa shape index (κ1) is 5.90. The number of hydrogen-bond donors (Lipinski definition) is 0. The molecular weight excluding hydrogens is 242 g/mol. The molecule has 0 saturated carbocycles. The second-order valence-corrected chi connectivity index (χ2v) is 4.70. The van der Waals surface area contributed by atoms with Gasteiger partial charge in [0.05, 0.1) is 0 Å². The van der Waals surface area contributed by atoms with Gasteiger partial charge in [-0.3, -0.25) is 0 Å². The molecule has 0 radical (unpaired) electrons. The Hall–Kier alpha value is 0.769. The van der Waals surface area contributed by atoms with Crippen molar-refractivity contribution in [2.45, 2.75) is 0 Å². The van der Waals surface area contributed by atoms with E-state index in [2.05, 4.69) is 20.9 Å². The van der Waals surface area contributed by atoms with E-state index in [0.29, 0.717) is 14.5 Å². The fourth-order valence-corrected chi connectivity index (χ4v) is 2.67. The van der Waals surface area contributed by atoms with Crippen LogP contribution in [0.15, 0.2) is 15.5 Å². The Morgan fingerprint density at radius 1 is 1.71 bits per heavy atom. The summed E-state index contributed by atoms with van der Waals surface area (Å²) in [6.07, 6.45) is 0. The maximum atomic E-state index is 5.66. The molecule has 0 aliphatic heterocycles. The molecule has 1 aromatic rings. The summed E-state index contributed by atoms with van der Waals surface area (Å²) in [6.45, 7) is 0. The molecule has 0 aromatic carbocycles. The molecule has 0 bridgehead atoms. The van der Waals surface area contributed by atoms with E-state index in [0.717, 1.165) is 8.37 Å². The van der Waals surface area contributed by atoms with Crippen LogP contribution >= 0.6 is 27.5 Å². The quantitative estimate of drug-likeness (QED) is 0.614. The van der Waals surface area contributed by atoms with E-state index < -0.39 is 0 Å². The van der Waals surface area contributed by atoms with Crippen molar-refractivity contribution in [3.8, 4) is 0 Å². The molecule has 0 saturated heterocycles. The summed E-state index contributed by atoms with van der Waals surface area (Å²) in [5.74, 6) is 0. The zero-order chi connectivity index (χ0) is 5.28. The van der Waals surface area contributed by atoms with Crippen molar-refractivity contribution in [3.63, 3.8) is 0 Å². The number of hydrogen-bond acceptors (Lipinski definition) is 0. The van der Waals surface area contributed by atoms with Crippen LogP contribution in [0.2, 0.25) is 3.90 Å². The third kappa shape index (κ3) is 1.33. The molecule has 1 heterocycles. The minimum absolute atomic E-state index is 0.417. The summed E-state index contributed by atoms with van der Waals surface area (Å²) in [5.41, 5.74) is 0. The molecule has 0 nitrogen and oxygen atoms in total. The first-order valence-corrected chi connectivity index (χ1v) is 4.71. The summed E-state index contributed by atoms with van der Waals surface area (Å²) < 4.78 is 2.02. The number of halogens is 2. The van der Waals surface area contributed by atoms with Crippen LogP contribution in [0.4, 0.5) is 0 Å². The van der Waals surface area contributed by atoms with Gasteiger partial charge < -0.3 is 0 Å². The fraction of sp³-hybridized carbons (Fsp3) is 0. The summed E-state index contributed by atoms with van der Waals surface area (Å²) >= 11 is 9.36. The standard InChI is InChI=1S/C4H2BrClSe/c5-3-1-2-7-4(3)6/h1-2H. The van der Waals surface area contributed by atoms with Crippen LogP contribution in [-0.4, -0.2) is 14.5 Å². The molecule has 0 amide bonds. The molecule has 38 valence electrons. The molecule has 3 heteroatoms. The Morgan fingerprint density at radius 2 is 2.43 bits per heavy atom. The third-order valence-electron chi connectivity index (χ3n) is 0.574. The molecular formula is C4H2BrClSe. The van der Waals surface area contributed by atoms with E-state index in [-0.39, 0.29) is 0 Å². The van der Waals surface area contributed by atoms with Crippen LogP contribution in [-0.2, 0) is 0 Å². The van der Waals surface area contributed by atoms with E-state index in [1.165, 1.54) is 0 Å². The van der Waals surface area contributed by atoms with E-state index in [1.54, 1.807) is 0 Å². The van der Waals surface area contributed by atoms with Gasteiger partial charge in [-0.25, -0.2) is 0 Å². The van der Waals surface area contributed by atoms with Crippen molar-refractivity contribution in [1.82, 2.24) is 0 Å². The van der Waals surface area contributed by atoms with Gasteiger partial charge in [-0.15, -0.1) is 0 Å². The van der Waals surface area contributed by atoms with Crippen molar-refractivity contribution in [2.75, 3.05) is 0 Å². The Bertz CT molecular complexity index is 144. The van der Waals surface area contributed by atoms with Crippen molar-refractivity contribution >= 4 is 42.0 Å². The topological polar surface area (TPSA) is 0 Å². The fourth-order valence-electron chi connectivity index (χ4n) is 0.275. The van der Waals surface area contributed by atoms with Gasteiger partial charge in [0.15, 0.2) is 0 Å². The molecule has 7 heavy (non-hydrogen) atoms. The second kappa shape index (κ2) is 2.36. The molecule has 0 atom stereocenters. The van der Waals surface area contributed by atoms with Crippen molar-refractivity contribution in [3.05, 3.63) is 19.4 Å². The van der Waals surface area contributed by atoms with Crippen molar-refractivity contribution in [1.29, 1.82) is 0 Å². The Kier molecular flexibility index (Phi) is 1.99. The van der Waals surface area contributed by atoms with Crippen LogP contribution in [0.1, 0.15) is 0 Å². The predicted octanol–water partition coefficient (Wildman–Crippen LogP) is 2.16. The third-order valence-corrected chi connectivity index (χ3v) is 4.19. The monoisotopic (exact) mass is 244 g/mol. The Balaban J connectivity index is 3.12. The van der Waals surface area contributed by atoms with E-state index >= 15 is 0 Å². The Morgan fingerprint density at radius 3 is 2.57 bits per heavy atom. The molecule has 0 aliphatic rings. The molecule has 1 aromatic heterocycles. The van der Waals surface area contributed by atoms with Crippen LogP contribution in [0.5, 0.6) is 0 Å². The molecule has 0 unspecified atom stereocenters. The van der Waals surface area contributed by atoms with Gasteiger partial charge in [-0.1, -0.05) is 0 Å². The maximum absolute atomic E-state index is 5.66. The summed E-state index contributed by atoms with van der Waals surface area (Å²) in [5, 5.41) is 0. The van der Waals surface area contributed by atoms with E-state index in [1.807, 2.05) is 6.07 Å². The predicted molar refractivity (Wildman–Crippen MR) is 36.1 cm³/mol. The van der Waals surface area contributed by atoms with E-state index in [4.69, 9.17) is 11.6 Å². The number of rotatable bonds is 0. The molecule has 0 fully saturated rings. The van der Waals surface area contributed by atoms with Gasteiger partial charge in [0.25, 0.3) is 0 Å². The SMILES string of the molecule is Clc1[se]ccc1Br. The van der Waals surface area contributed by atoms with Gasteiger partial charge in [0.1, 0.15) is 0 Å².